The summed E-state index contributed by atoms with van der Waals surface area (Å²) in [6.45, 7) is 0.382. The second-order valence-electron chi connectivity index (χ2n) is 6.30. The normalized spacial score (nSPS) is 10.3. The summed E-state index contributed by atoms with van der Waals surface area (Å²) in [7, 11) is 2.92. The van der Waals surface area contributed by atoms with Gasteiger partial charge in [-0.2, -0.15) is 0 Å². The van der Waals surface area contributed by atoms with Crippen LogP contribution in [0.4, 0.5) is 5.69 Å². The summed E-state index contributed by atoms with van der Waals surface area (Å²) in [4.78, 5) is 27.7. The predicted molar refractivity (Wildman–Crippen MR) is 117 cm³/mol. The highest BCUT2D eigenvalue weighted by Crippen LogP contribution is 2.35. The molecule has 0 saturated heterocycles. The summed E-state index contributed by atoms with van der Waals surface area (Å²) in [5, 5.41) is 16.0. The van der Waals surface area contributed by atoms with Crippen molar-refractivity contribution in [3.05, 3.63) is 68.7 Å². The minimum atomic E-state index is -0.643. The molecule has 2 aromatic carbocycles. The number of hydrogen-bond acceptors (Lipinski definition) is 9. The molecule has 32 heavy (non-hydrogen) atoms. The Morgan fingerprint density at radius 3 is 2.50 bits per heavy atom. The average molecular weight is 459 g/mol. The predicted octanol–water partition coefficient (Wildman–Crippen LogP) is 3.46. The molecule has 0 unspecified atom stereocenters. The lowest BCUT2D eigenvalue weighted by molar-refractivity contribution is -0.385. The van der Waals surface area contributed by atoms with E-state index in [2.05, 4.69) is 10.3 Å². The maximum atomic E-state index is 12.6. The molecule has 1 N–H and O–H groups in total. The van der Waals surface area contributed by atoms with Gasteiger partial charge in [0.25, 0.3) is 11.6 Å². The zero-order valence-electron chi connectivity index (χ0n) is 17.4. The second kappa shape index (κ2) is 11.0. The zero-order valence-corrected chi connectivity index (χ0v) is 18.2. The molecule has 0 aliphatic rings. The van der Waals surface area contributed by atoms with E-state index >= 15 is 0 Å². The fourth-order valence-electron chi connectivity index (χ4n) is 2.77. The number of nitro groups is 1. The number of benzene rings is 2. The van der Waals surface area contributed by atoms with Gasteiger partial charge in [0.15, 0.2) is 23.0 Å². The van der Waals surface area contributed by atoms with Crippen LogP contribution in [0.25, 0.3) is 0 Å². The van der Waals surface area contributed by atoms with Crippen molar-refractivity contribution in [2.45, 2.75) is 6.61 Å². The van der Waals surface area contributed by atoms with Crippen molar-refractivity contribution in [1.29, 1.82) is 0 Å². The van der Waals surface area contributed by atoms with E-state index in [-0.39, 0.29) is 36.8 Å². The Bertz CT molecular complexity index is 1070. The zero-order chi connectivity index (χ0) is 22.9. The summed E-state index contributed by atoms with van der Waals surface area (Å²) in [5.74, 6) is 0.792. The minimum Gasteiger partial charge on any atom is -0.493 e. The van der Waals surface area contributed by atoms with Crippen LogP contribution < -0.4 is 24.3 Å². The third-order valence-electron chi connectivity index (χ3n) is 4.30. The summed E-state index contributed by atoms with van der Waals surface area (Å²) < 4.78 is 21.7. The van der Waals surface area contributed by atoms with Gasteiger partial charge in [0, 0.05) is 11.4 Å². The second-order valence-corrected chi connectivity index (χ2v) is 7.02. The molecule has 0 saturated carbocycles. The van der Waals surface area contributed by atoms with Crippen molar-refractivity contribution in [3.8, 4) is 23.0 Å². The summed E-state index contributed by atoms with van der Waals surface area (Å²) >= 11 is 1.41. The Balaban J connectivity index is 1.68. The van der Waals surface area contributed by atoms with Gasteiger partial charge in [-0.3, -0.25) is 14.9 Å². The van der Waals surface area contributed by atoms with Crippen molar-refractivity contribution in [2.75, 3.05) is 27.4 Å². The first kappa shape index (κ1) is 22.8. The highest BCUT2D eigenvalue weighted by molar-refractivity contribution is 7.07. The molecular weight excluding hydrogens is 438 g/mol. The molecule has 0 aliphatic carbocycles. The Morgan fingerprint density at radius 2 is 1.84 bits per heavy atom. The number of nitrogens with zero attached hydrogens (tertiary/aromatic N) is 2. The number of nitrogens with one attached hydrogen (secondary N) is 1. The topological polar surface area (TPSA) is 122 Å². The van der Waals surface area contributed by atoms with Gasteiger partial charge in [-0.1, -0.05) is 12.1 Å². The standard InChI is InChI=1S/C21H21N3O7S/c1-28-17-5-3-4-6-18(17)30-8-7-22-21(25)15-9-19(29-2)20(10-16(15)24(26)27)31-11-14-12-32-13-23-14/h3-6,9-10,12-13H,7-8,11H2,1-2H3,(H,22,25). The van der Waals surface area contributed by atoms with Crippen molar-refractivity contribution >= 4 is 22.9 Å². The number of carbonyl (C=O) groups is 1. The fourth-order valence-corrected chi connectivity index (χ4v) is 3.32. The van der Waals surface area contributed by atoms with Crippen LogP contribution in [-0.2, 0) is 6.61 Å². The summed E-state index contributed by atoms with van der Waals surface area (Å²) in [6, 6.07) is 9.55. The molecule has 1 amide bonds. The van der Waals surface area contributed by atoms with E-state index in [4.69, 9.17) is 18.9 Å². The third-order valence-corrected chi connectivity index (χ3v) is 4.93. The monoisotopic (exact) mass is 459 g/mol. The van der Waals surface area contributed by atoms with Crippen molar-refractivity contribution in [2.24, 2.45) is 0 Å². The van der Waals surface area contributed by atoms with Gasteiger partial charge < -0.3 is 24.3 Å². The quantitative estimate of drug-likeness (QED) is 0.263. The molecule has 0 aliphatic heterocycles. The number of nitro benzene ring substituents is 1. The van der Waals surface area contributed by atoms with Crippen LogP contribution in [0.1, 0.15) is 16.1 Å². The van der Waals surface area contributed by atoms with Gasteiger partial charge in [-0.25, -0.2) is 4.98 Å². The van der Waals surface area contributed by atoms with E-state index in [1.165, 1.54) is 37.7 Å². The van der Waals surface area contributed by atoms with Crippen LogP contribution in [0.15, 0.2) is 47.3 Å². The first-order valence-corrected chi connectivity index (χ1v) is 10.4. The number of hydrogen-bond donors (Lipinski definition) is 1. The van der Waals surface area contributed by atoms with Crippen LogP contribution in [0.2, 0.25) is 0 Å². The number of carbonyl (C=O) groups excluding carboxylic acids is 1. The Labute approximate surface area is 187 Å². The number of rotatable bonds is 11. The maximum absolute atomic E-state index is 12.6. The molecule has 0 spiro atoms. The maximum Gasteiger partial charge on any atom is 0.286 e. The van der Waals surface area contributed by atoms with E-state index < -0.39 is 16.5 Å². The van der Waals surface area contributed by atoms with Crippen LogP contribution in [0, 0.1) is 10.1 Å². The molecule has 0 radical (unpaired) electrons. The van der Waals surface area contributed by atoms with Crippen molar-refractivity contribution in [1.82, 2.24) is 10.3 Å². The number of ether oxygens (including phenoxy) is 4. The molecule has 0 atom stereocenters. The number of amides is 1. The number of para-hydroxylation sites is 2. The Morgan fingerprint density at radius 1 is 1.09 bits per heavy atom. The molecule has 3 rings (SSSR count). The first-order chi connectivity index (χ1) is 15.5. The lowest BCUT2D eigenvalue weighted by Crippen LogP contribution is -2.28. The summed E-state index contributed by atoms with van der Waals surface area (Å²) in [6.07, 6.45) is 0. The van der Waals surface area contributed by atoms with Gasteiger partial charge in [0.05, 0.1) is 43.0 Å². The van der Waals surface area contributed by atoms with E-state index in [1.807, 2.05) is 6.07 Å². The third kappa shape index (κ3) is 5.64. The van der Waals surface area contributed by atoms with Gasteiger partial charge in [-0.15, -0.1) is 11.3 Å². The van der Waals surface area contributed by atoms with Crippen LogP contribution in [0.5, 0.6) is 23.0 Å². The molecular formula is C21H21N3O7S. The molecule has 168 valence electrons. The smallest absolute Gasteiger partial charge is 0.286 e. The molecule has 1 aromatic heterocycles. The number of aromatic nitrogens is 1. The molecule has 10 nitrogen and oxygen atoms in total. The minimum absolute atomic E-state index is 0.114. The average Bonchev–Trinajstić information content (AvgIpc) is 3.33. The lowest BCUT2D eigenvalue weighted by Gasteiger charge is -2.13. The van der Waals surface area contributed by atoms with Gasteiger partial charge >= 0.3 is 0 Å². The summed E-state index contributed by atoms with van der Waals surface area (Å²) in [5.41, 5.74) is 1.78. The first-order valence-electron chi connectivity index (χ1n) is 9.43. The van der Waals surface area contributed by atoms with Crippen molar-refractivity contribution < 1.29 is 28.7 Å². The fraction of sp³-hybridized carbons (Fsp3) is 0.238. The van der Waals surface area contributed by atoms with E-state index in [1.54, 1.807) is 29.1 Å². The van der Waals surface area contributed by atoms with E-state index in [0.29, 0.717) is 17.2 Å². The Kier molecular flexibility index (Phi) is 7.81. The van der Waals surface area contributed by atoms with E-state index in [9.17, 15) is 14.9 Å². The molecule has 1 heterocycles. The Hall–Kier alpha value is -3.86. The van der Waals surface area contributed by atoms with Crippen molar-refractivity contribution in [3.63, 3.8) is 0 Å². The highest BCUT2D eigenvalue weighted by Gasteiger charge is 2.25. The van der Waals surface area contributed by atoms with E-state index in [0.717, 1.165) is 0 Å². The van der Waals surface area contributed by atoms with Gasteiger partial charge in [0.2, 0.25) is 0 Å². The molecule has 3 aromatic rings. The van der Waals surface area contributed by atoms with Gasteiger partial charge in [-0.05, 0) is 12.1 Å². The number of thiazole rings is 1. The van der Waals surface area contributed by atoms with Crippen LogP contribution in [0.3, 0.4) is 0 Å². The lowest BCUT2D eigenvalue weighted by atomic mass is 10.1. The largest absolute Gasteiger partial charge is 0.493 e. The highest BCUT2D eigenvalue weighted by atomic mass is 32.1. The van der Waals surface area contributed by atoms with Crippen LogP contribution >= 0.6 is 11.3 Å². The molecule has 11 heteroatoms. The molecule has 0 fully saturated rings. The SMILES string of the molecule is COc1ccccc1OCCNC(=O)c1cc(OC)c(OCc2cscn2)cc1[N+](=O)[O-]. The van der Waals surface area contributed by atoms with Gasteiger partial charge in [0.1, 0.15) is 18.8 Å². The number of methoxy groups -OCH3 is 2. The van der Waals surface area contributed by atoms with Crippen LogP contribution in [-0.4, -0.2) is 43.2 Å². The molecule has 0 bridgehead atoms.